The van der Waals surface area contributed by atoms with Crippen LogP contribution in [0, 0.1) is 0 Å². The highest BCUT2D eigenvalue weighted by Gasteiger charge is 2.28. The first kappa shape index (κ1) is 16.8. The molecule has 1 aliphatic rings. The quantitative estimate of drug-likeness (QED) is 0.652. The van der Waals surface area contributed by atoms with Gasteiger partial charge in [0.1, 0.15) is 5.15 Å². The number of hydrogen-bond acceptors (Lipinski definition) is 3. The van der Waals surface area contributed by atoms with Crippen LogP contribution >= 0.6 is 23.2 Å². The molecule has 0 unspecified atom stereocenters. The maximum Gasteiger partial charge on any atom is 0.252 e. The van der Waals surface area contributed by atoms with E-state index in [2.05, 4.69) is 16.9 Å². The Bertz CT molecular complexity index is 611. The average molecular weight is 342 g/mol. The van der Waals surface area contributed by atoms with Crippen molar-refractivity contribution in [1.29, 1.82) is 0 Å². The molecule has 1 fully saturated rings. The maximum atomic E-state index is 11.6. The van der Waals surface area contributed by atoms with Crippen LogP contribution in [0.1, 0.15) is 47.7 Å². The van der Waals surface area contributed by atoms with Gasteiger partial charge in [-0.15, -0.1) is 0 Å². The number of amides is 2. The highest BCUT2D eigenvalue weighted by molar-refractivity contribution is 6.36. The summed E-state index contributed by atoms with van der Waals surface area (Å²) in [7, 11) is 0. The minimum Gasteiger partial charge on any atom is -0.365 e. The summed E-state index contributed by atoms with van der Waals surface area (Å²) in [5.74, 6) is -0.730. The molecule has 0 atom stereocenters. The summed E-state index contributed by atoms with van der Waals surface area (Å²) in [6, 6.07) is 1.52. The molecule has 1 aliphatic carbocycles. The predicted octanol–water partition coefficient (Wildman–Crippen LogP) is 2.82. The number of primary amides is 1. The van der Waals surface area contributed by atoms with E-state index in [9.17, 15) is 9.59 Å². The molecule has 0 radical (unpaired) electrons. The summed E-state index contributed by atoms with van der Waals surface area (Å²) < 4.78 is 0. The lowest BCUT2D eigenvalue weighted by Gasteiger charge is -2.29. The number of nitrogens with two attached hydrogens (primary N) is 1. The molecule has 1 aromatic rings. The summed E-state index contributed by atoms with van der Waals surface area (Å²) in [5.41, 5.74) is 6.20. The number of carbonyl (C=O) groups is 2. The average Bonchev–Trinajstić information content (AvgIpc) is 2.46. The van der Waals surface area contributed by atoms with Gasteiger partial charge in [-0.3, -0.25) is 9.59 Å². The normalized spacial score (nSPS) is 21.2. The molecule has 0 spiro atoms. The molecule has 0 saturated heterocycles. The SMILES string of the molecule is C=CC(=O)NC1CCC(c2nc(Cl)cc(Cl)c2C(N)=O)CC1. The smallest absolute Gasteiger partial charge is 0.252 e. The van der Waals surface area contributed by atoms with Crippen molar-refractivity contribution < 1.29 is 9.59 Å². The lowest BCUT2D eigenvalue weighted by Crippen LogP contribution is -2.36. The van der Waals surface area contributed by atoms with Crippen LogP contribution in [-0.4, -0.2) is 22.8 Å². The monoisotopic (exact) mass is 341 g/mol. The Hall–Kier alpha value is -1.59. The van der Waals surface area contributed by atoms with Gasteiger partial charge in [-0.25, -0.2) is 4.98 Å². The minimum absolute atomic E-state index is 0.0515. The first-order valence-corrected chi connectivity index (χ1v) is 7.76. The van der Waals surface area contributed by atoms with Gasteiger partial charge in [0.25, 0.3) is 5.91 Å². The zero-order valence-electron chi connectivity index (χ0n) is 11.9. The van der Waals surface area contributed by atoms with Crippen LogP contribution in [0.15, 0.2) is 18.7 Å². The minimum atomic E-state index is -0.605. The lowest BCUT2D eigenvalue weighted by atomic mass is 9.82. The summed E-state index contributed by atoms with van der Waals surface area (Å²) in [5, 5.41) is 3.35. The Balaban J connectivity index is 2.16. The molecule has 5 nitrogen and oxygen atoms in total. The van der Waals surface area contributed by atoms with Gasteiger partial charge >= 0.3 is 0 Å². The second kappa shape index (κ2) is 7.11. The van der Waals surface area contributed by atoms with Gasteiger partial charge in [0.15, 0.2) is 0 Å². The fourth-order valence-corrected chi connectivity index (χ4v) is 3.36. The summed E-state index contributed by atoms with van der Waals surface area (Å²) in [4.78, 5) is 27.2. The Labute approximate surface area is 138 Å². The number of aromatic nitrogens is 1. The standard InChI is InChI=1S/C15H17Cl2N3O2/c1-2-12(21)19-9-5-3-8(4-6-9)14-13(15(18)22)10(16)7-11(17)20-14/h2,7-9H,1,3-6H2,(H2,18,22)(H,19,21). The molecule has 2 rings (SSSR count). The van der Waals surface area contributed by atoms with E-state index >= 15 is 0 Å². The van der Waals surface area contributed by atoms with E-state index in [1.807, 2.05) is 0 Å². The fraction of sp³-hybridized carbons (Fsp3) is 0.400. The molecule has 0 aliphatic heterocycles. The second-order valence-electron chi connectivity index (χ2n) is 5.31. The molecular weight excluding hydrogens is 325 g/mol. The van der Waals surface area contributed by atoms with Gasteiger partial charge < -0.3 is 11.1 Å². The first-order valence-electron chi connectivity index (χ1n) is 7.01. The van der Waals surface area contributed by atoms with E-state index < -0.39 is 5.91 Å². The largest absolute Gasteiger partial charge is 0.365 e. The number of nitrogens with one attached hydrogen (secondary N) is 1. The Kier molecular flexibility index (Phi) is 5.42. The molecule has 2 amide bonds. The molecule has 0 aromatic carbocycles. The van der Waals surface area contributed by atoms with Crippen molar-refractivity contribution in [2.24, 2.45) is 5.73 Å². The summed E-state index contributed by atoms with van der Waals surface area (Å²) in [6.07, 6.45) is 4.37. The van der Waals surface area contributed by atoms with Crippen molar-refractivity contribution in [1.82, 2.24) is 10.3 Å². The van der Waals surface area contributed by atoms with Crippen molar-refractivity contribution in [3.8, 4) is 0 Å². The second-order valence-corrected chi connectivity index (χ2v) is 6.11. The molecule has 22 heavy (non-hydrogen) atoms. The van der Waals surface area contributed by atoms with Crippen LogP contribution in [0.4, 0.5) is 0 Å². The highest BCUT2D eigenvalue weighted by Crippen LogP contribution is 2.36. The summed E-state index contributed by atoms with van der Waals surface area (Å²) in [6.45, 7) is 3.44. The van der Waals surface area contributed by atoms with Gasteiger partial charge in [0, 0.05) is 12.0 Å². The third-order valence-electron chi connectivity index (χ3n) is 3.86. The van der Waals surface area contributed by atoms with Gasteiger partial charge in [-0.1, -0.05) is 29.8 Å². The number of rotatable bonds is 4. The summed E-state index contributed by atoms with van der Waals surface area (Å²) >= 11 is 12.0. The van der Waals surface area contributed by atoms with Gasteiger partial charge in [0.05, 0.1) is 16.3 Å². The zero-order valence-corrected chi connectivity index (χ0v) is 13.5. The van der Waals surface area contributed by atoms with Crippen LogP contribution < -0.4 is 11.1 Å². The molecule has 1 heterocycles. The van der Waals surface area contributed by atoms with Gasteiger partial charge in [-0.05, 0) is 37.8 Å². The van der Waals surface area contributed by atoms with E-state index in [4.69, 9.17) is 28.9 Å². The third kappa shape index (κ3) is 3.78. The number of halogens is 2. The van der Waals surface area contributed by atoms with E-state index in [-0.39, 0.29) is 33.6 Å². The number of nitrogens with zero attached hydrogens (tertiary/aromatic N) is 1. The Morgan fingerprint density at radius 1 is 1.32 bits per heavy atom. The molecule has 7 heteroatoms. The van der Waals surface area contributed by atoms with Crippen molar-refractivity contribution >= 4 is 35.0 Å². The molecule has 118 valence electrons. The van der Waals surface area contributed by atoms with Crippen LogP contribution in [0.5, 0.6) is 0 Å². The number of pyridine rings is 1. The van der Waals surface area contributed by atoms with Crippen LogP contribution in [0.2, 0.25) is 10.2 Å². The number of carbonyl (C=O) groups excluding carboxylic acids is 2. The van der Waals surface area contributed by atoms with Crippen LogP contribution in [0.25, 0.3) is 0 Å². The van der Waals surface area contributed by atoms with E-state index in [1.54, 1.807) is 0 Å². The van der Waals surface area contributed by atoms with E-state index in [1.165, 1.54) is 12.1 Å². The first-order chi connectivity index (χ1) is 10.4. The highest BCUT2D eigenvalue weighted by atomic mass is 35.5. The Morgan fingerprint density at radius 3 is 2.50 bits per heavy atom. The van der Waals surface area contributed by atoms with Crippen LogP contribution in [-0.2, 0) is 4.79 Å². The topological polar surface area (TPSA) is 85.1 Å². The van der Waals surface area contributed by atoms with Crippen molar-refractivity contribution in [2.45, 2.75) is 37.6 Å². The predicted molar refractivity (Wildman–Crippen MR) is 86.1 cm³/mol. The zero-order chi connectivity index (χ0) is 16.3. The van der Waals surface area contributed by atoms with E-state index in [0.717, 1.165) is 25.7 Å². The van der Waals surface area contributed by atoms with Gasteiger partial charge in [-0.2, -0.15) is 0 Å². The van der Waals surface area contributed by atoms with Gasteiger partial charge in [0.2, 0.25) is 5.91 Å². The Morgan fingerprint density at radius 2 is 1.95 bits per heavy atom. The molecule has 1 aromatic heterocycles. The van der Waals surface area contributed by atoms with Crippen LogP contribution in [0.3, 0.4) is 0 Å². The van der Waals surface area contributed by atoms with Crippen molar-refractivity contribution in [3.63, 3.8) is 0 Å². The maximum absolute atomic E-state index is 11.6. The molecule has 0 bridgehead atoms. The number of hydrogen-bond donors (Lipinski definition) is 2. The van der Waals surface area contributed by atoms with Crippen molar-refractivity contribution in [3.05, 3.63) is 40.2 Å². The molecular formula is C15H17Cl2N3O2. The fourth-order valence-electron chi connectivity index (χ4n) is 2.81. The lowest BCUT2D eigenvalue weighted by molar-refractivity contribution is -0.117. The van der Waals surface area contributed by atoms with E-state index in [0.29, 0.717) is 5.69 Å². The molecule has 1 saturated carbocycles. The van der Waals surface area contributed by atoms with Crippen molar-refractivity contribution in [2.75, 3.05) is 0 Å². The molecule has 3 N–H and O–H groups in total. The third-order valence-corrected chi connectivity index (χ3v) is 4.35.